The average molecular weight is 378 g/mol. The van der Waals surface area contributed by atoms with E-state index in [2.05, 4.69) is 33.0 Å². The van der Waals surface area contributed by atoms with Gasteiger partial charge in [0, 0.05) is 17.6 Å². The van der Waals surface area contributed by atoms with Crippen molar-refractivity contribution in [2.24, 2.45) is 0 Å². The van der Waals surface area contributed by atoms with Gasteiger partial charge in [-0.05, 0) is 36.9 Å². The summed E-state index contributed by atoms with van der Waals surface area (Å²) in [5.74, 6) is 0.285. The summed E-state index contributed by atoms with van der Waals surface area (Å²) in [6, 6.07) is 17.5. The van der Waals surface area contributed by atoms with E-state index in [-0.39, 0.29) is 12.6 Å². The molecular weight excluding hydrogens is 358 g/mol. The molecule has 0 saturated heterocycles. The minimum Gasteiger partial charge on any atom is -0.482 e. The lowest BCUT2D eigenvalue weighted by Crippen LogP contribution is -2.25. The van der Waals surface area contributed by atoms with Crippen LogP contribution in [0.25, 0.3) is 0 Å². The lowest BCUT2D eigenvalue weighted by molar-refractivity contribution is -0.146. The summed E-state index contributed by atoms with van der Waals surface area (Å²) >= 11 is 3.34. The first kappa shape index (κ1) is 17.5. The molecular formula is C18H20BrNO3. The monoisotopic (exact) mass is 377 g/mol. The molecule has 2 rings (SSSR count). The Kier molecular flexibility index (Phi) is 7.10. The van der Waals surface area contributed by atoms with Crippen molar-refractivity contribution in [2.45, 2.75) is 6.54 Å². The van der Waals surface area contributed by atoms with Crippen molar-refractivity contribution in [3.8, 4) is 5.75 Å². The topological polar surface area (TPSA) is 38.8 Å². The fourth-order valence-electron chi connectivity index (χ4n) is 2.00. The molecule has 0 saturated carbocycles. The van der Waals surface area contributed by atoms with E-state index in [0.29, 0.717) is 18.9 Å². The van der Waals surface area contributed by atoms with Gasteiger partial charge in [-0.15, -0.1) is 0 Å². The molecule has 122 valence electrons. The summed E-state index contributed by atoms with van der Waals surface area (Å²) in [5.41, 5.74) is 1.24. The number of carbonyl (C=O) groups is 1. The van der Waals surface area contributed by atoms with Crippen LogP contribution in [0.4, 0.5) is 0 Å². The van der Waals surface area contributed by atoms with E-state index in [1.165, 1.54) is 5.56 Å². The highest BCUT2D eigenvalue weighted by Crippen LogP contribution is 2.15. The smallest absolute Gasteiger partial charge is 0.344 e. The molecule has 0 spiro atoms. The van der Waals surface area contributed by atoms with Crippen molar-refractivity contribution >= 4 is 21.9 Å². The molecule has 0 aliphatic rings. The van der Waals surface area contributed by atoms with Gasteiger partial charge in [-0.3, -0.25) is 4.90 Å². The Bertz CT molecular complexity index is 601. The summed E-state index contributed by atoms with van der Waals surface area (Å²) in [6.07, 6.45) is 0. The Balaban J connectivity index is 1.61. The van der Waals surface area contributed by atoms with E-state index >= 15 is 0 Å². The molecule has 23 heavy (non-hydrogen) atoms. The second kappa shape index (κ2) is 9.33. The molecule has 0 bridgehead atoms. The van der Waals surface area contributed by atoms with E-state index in [1.54, 1.807) is 12.1 Å². The third kappa shape index (κ3) is 6.84. The molecule has 0 amide bonds. The first-order chi connectivity index (χ1) is 11.1. The lowest BCUT2D eigenvalue weighted by atomic mass is 10.2. The molecule has 0 fully saturated rings. The van der Waals surface area contributed by atoms with Crippen LogP contribution in [0.1, 0.15) is 5.56 Å². The van der Waals surface area contributed by atoms with Crippen LogP contribution in [0.5, 0.6) is 5.75 Å². The van der Waals surface area contributed by atoms with Crippen LogP contribution in [-0.2, 0) is 16.1 Å². The van der Waals surface area contributed by atoms with Gasteiger partial charge < -0.3 is 9.47 Å². The van der Waals surface area contributed by atoms with Crippen LogP contribution in [-0.4, -0.2) is 37.7 Å². The number of rotatable bonds is 8. The van der Waals surface area contributed by atoms with Crippen molar-refractivity contribution in [3.05, 3.63) is 64.6 Å². The van der Waals surface area contributed by atoms with Gasteiger partial charge in [-0.25, -0.2) is 4.79 Å². The van der Waals surface area contributed by atoms with Crippen LogP contribution in [0, 0.1) is 0 Å². The number of halogens is 1. The van der Waals surface area contributed by atoms with Crippen LogP contribution in [0.2, 0.25) is 0 Å². The van der Waals surface area contributed by atoms with Gasteiger partial charge in [0.15, 0.2) is 6.61 Å². The second-order valence-corrected chi connectivity index (χ2v) is 6.10. The fraction of sp³-hybridized carbons (Fsp3) is 0.278. The highest BCUT2D eigenvalue weighted by molar-refractivity contribution is 9.10. The lowest BCUT2D eigenvalue weighted by Gasteiger charge is -2.16. The van der Waals surface area contributed by atoms with Gasteiger partial charge in [0.2, 0.25) is 0 Å². The Labute approximate surface area is 145 Å². The number of benzene rings is 2. The predicted molar refractivity (Wildman–Crippen MR) is 93.4 cm³/mol. The van der Waals surface area contributed by atoms with Crippen LogP contribution < -0.4 is 4.74 Å². The molecule has 0 aliphatic heterocycles. The summed E-state index contributed by atoms with van der Waals surface area (Å²) in [7, 11) is 2.00. The minimum absolute atomic E-state index is 0.0793. The number of hydrogen-bond acceptors (Lipinski definition) is 4. The van der Waals surface area contributed by atoms with E-state index in [9.17, 15) is 4.79 Å². The number of ether oxygens (including phenoxy) is 2. The van der Waals surface area contributed by atoms with Crippen molar-refractivity contribution in [1.29, 1.82) is 0 Å². The zero-order valence-electron chi connectivity index (χ0n) is 13.1. The second-order valence-electron chi connectivity index (χ2n) is 5.19. The zero-order valence-corrected chi connectivity index (χ0v) is 14.7. The standard InChI is InChI=1S/C18H20BrNO3/c1-20(13-15-5-3-2-4-6-15)11-12-22-18(21)14-23-17-9-7-16(19)8-10-17/h2-10H,11-14H2,1H3. The number of nitrogens with zero attached hydrogens (tertiary/aromatic N) is 1. The fourth-order valence-corrected chi connectivity index (χ4v) is 2.27. The number of carbonyl (C=O) groups excluding carboxylic acids is 1. The first-order valence-corrected chi connectivity index (χ1v) is 8.19. The van der Waals surface area contributed by atoms with Crippen LogP contribution >= 0.6 is 15.9 Å². The minimum atomic E-state index is -0.360. The zero-order chi connectivity index (χ0) is 16.5. The quantitative estimate of drug-likeness (QED) is 0.659. The average Bonchev–Trinajstić information content (AvgIpc) is 2.55. The molecule has 0 atom stereocenters. The maximum absolute atomic E-state index is 11.6. The summed E-state index contributed by atoms with van der Waals surface area (Å²) < 4.78 is 11.5. The maximum Gasteiger partial charge on any atom is 0.344 e. The van der Waals surface area contributed by atoms with Gasteiger partial charge in [0.05, 0.1) is 0 Å². The molecule has 4 nitrogen and oxygen atoms in total. The highest BCUT2D eigenvalue weighted by Gasteiger charge is 2.06. The molecule has 0 radical (unpaired) electrons. The van der Waals surface area contributed by atoms with Crippen molar-refractivity contribution in [2.75, 3.05) is 26.8 Å². The van der Waals surface area contributed by atoms with E-state index < -0.39 is 0 Å². The molecule has 2 aromatic rings. The van der Waals surface area contributed by atoms with Gasteiger partial charge in [-0.2, -0.15) is 0 Å². The summed E-state index contributed by atoms with van der Waals surface area (Å²) in [5, 5.41) is 0. The van der Waals surface area contributed by atoms with Gasteiger partial charge in [0.1, 0.15) is 12.4 Å². The first-order valence-electron chi connectivity index (χ1n) is 7.40. The number of esters is 1. The number of likely N-dealkylation sites (N-methyl/N-ethyl adjacent to an activating group) is 1. The van der Waals surface area contributed by atoms with Crippen molar-refractivity contribution < 1.29 is 14.3 Å². The van der Waals surface area contributed by atoms with E-state index in [1.807, 2.05) is 37.4 Å². The Morgan fingerprint density at radius 3 is 2.48 bits per heavy atom. The largest absolute Gasteiger partial charge is 0.482 e. The molecule has 5 heteroatoms. The molecule has 0 heterocycles. The van der Waals surface area contributed by atoms with Gasteiger partial charge >= 0.3 is 5.97 Å². The Hall–Kier alpha value is -1.85. The Morgan fingerprint density at radius 2 is 1.78 bits per heavy atom. The van der Waals surface area contributed by atoms with E-state index in [0.717, 1.165) is 11.0 Å². The SMILES string of the molecule is CN(CCOC(=O)COc1ccc(Br)cc1)Cc1ccccc1. The molecule has 0 unspecified atom stereocenters. The molecule has 0 aromatic heterocycles. The van der Waals surface area contributed by atoms with Crippen molar-refractivity contribution in [1.82, 2.24) is 4.90 Å². The molecule has 0 aliphatic carbocycles. The predicted octanol–water partition coefficient (Wildman–Crippen LogP) is 3.50. The maximum atomic E-state index is 11.6. The van der Waals surface area contributed by atoms with Gasteiger partial charge in [0.25, 0.3) is 0 Å². The van der Waals surface area contributed by atoms with Gasteiger partial charge in [-0.1, -0.05) is 46.3 Å². The van der Waals surface area contributed by atoms with Crippen LogP contribution in [0.15, 0.2) is 59.1 Å². The number of hydrogen-bond donors (Lipinski definition) is 0. The molecule has 0 N–H and O–H groups in total. The highest BCUT2D eigenvalue weighted by atomic mass is 79.9. The normalized spacial score (nSPS) is 10.6. The third-order valence-electron chi connectivity index (χ3n) is 3.20. The van der Waals surface area contributed by atoms with Crippen molar-refractivity contribution in [3.63, 3.8) is 0 Å². The molecule has 2 aromatic carbocycles. The van der Waals surface area contributed by atoms with Crippen LogP contribution in [0.3, 0.4) is 0 Å². The summed E-state index contributed by atoms with van der Waals surface area (Å²) in [6.45, 7) is 1.78. The van der Waals surface area contributed by atoms with E-state index in [4.69, 9.17) is 9.47 Å². The third-order valence-corrected chi connectivity index (χ3v) is 3.73. The summed E-state index contributed by atoms with van der Waals surface area (Å²) in [4.78, 5) is 13.8. The Morgan fingerprint density at radius 1 is 1.09 bits per heavy atom.